The zero-order valence-electron chi connectivity index (χ0n) is 20.3. The third-order valence-electron chi connectivity index (χ3n) is 5.50. The van der Waals surface area contributed by atoms with Gasteiger partial charge >= 0.3 is 12.1 Å². The standard InChI is InChI=1S/C21H36N2O9/c1-9-28-15(24)10-11-21(23(26)27)13-30-20(7,8)31-16(21)14-12-29-19(5,6)22(14)17(25)32-18(2,3)4/h14,16H,9-13H2,1-8H3/t14-,16-,21-/m0/s1. The zero-order valence-corrected chi connectivity index (χ0v) is 20.3. The summed E-state index contributed by atoms with van der Waals surface area (Å²) in [5.74, 6) is -1.69. The molecule has 2 heterocycles. The average molecular weight is 461 g/mol. The molecule has 2 aliphatic rings. The number of rotatable bonds is 6. The molecule has 2 rings (SSSR count). The zero-order chi connectivity index (χ0) is 24.5. The molecule has 1 amide bonds. The molecule has 32 heavy (non-hydrogen) atoms. The van der Waals surface area contributed by atoms with Crippen LogP contribution in [-0.4, -0.2) is 76.5 Å². The van der Waals surface area contributed by atoms with Crippen LogP contribution in [0.25, 0.3) is 0 Å². The van der Waals surface area contributed by atoms with E-state index in [9.17, 15) is 19.7 Å². The number of carbonyl (C=O) groups excluding carboxylic acids is 2. The summed E-state index contributed by atoms with van der Waals surface area (Å²) in [5.41, 5.74) is -3.65. The van der Waals surface area contributed by atoms with Crippen molar-refractivity contribution in [3.05, 3.63) is 10.1 Å². The number of hydrogen-bond donors (Lipinski definition) is 0. The highest BCUT2D eigenvalue weighted by atomic mass is 16.7. The molecule has 184 valence electrons. The quantitative estimate of drug-likeness (QED) is 0.334. The Morgan fingerprint density at radius 1 is 1.19 bits per heavy atom. The predicted octanol–water partition coefficient (Wildman–Crippen LogP) is 2.87. The maximum Gasteiger partial charge on any atom is 0.412 e. The van der Waals surface area contributed by atoms with Crippen LogP contribution in [0.2, 0.25) is 0 Å². The second kappa shape index (κ2) is 9.11. The first-order chi connectivity index (χ1) is 14.5. The summed E-state index contributed by atoms with van der Waals surface area (Å²) in [6, 6.07) is -0.837. The first-order valence-electron chi connectivity index (χ1n) is 10.8. The molecule has 11 nitrogen and oxygen atoms in total. The topological polar surface area (TPSA) is 127 Å². The third-order valence-corrected chi connectivity index (χ3v) is 5.50. The van der Waals surface area contributed by atoms with Crippen LogP contribution in [0.3, 0.4) is 0 Å². The van der Waals surface area contributed by atoms with Crippen molar-refractivity contribution in [2.24, 2.45) is 0 Å². The number of carbonyl (C=O) groups is 2. The molecular formula is C21H36N2O9. The van der Waals surface area contributed by atoms with Crippen molar-refractivity contribution in [2.45, 2.75) is 103 Å². The molecule has 11 heteroatoms. The van der Waals surface area contributed by atoms with Gasteiger partial charge in [0.25, 0.3) is 5.54 Å². The highest BCUT2D eigenvalue weighted by molar-refractivity contribution is 5.70. The second-order valence-corrected chi connectivity index (χ2v) is 10.1. The van der Waals surface area contributed by atoms with E-state index in [2.05, 4.69) is 0 Å². The molecule has 0 aromatic heterocycles. The van der Waals surface area contributed by atoms with Gasteiger partial charge < -0.3 is 23.7 Å². The maximum absolute atomic E-state index is 13.1. The second-order valence-electron chi connectivity index (χ2n) is 10.1. The van der Waals surface area contributed by atoms with E-state index in [-0.39, 0.29) is 32.7 Å². The molecule has 2 saturated heterocycles. The maximum atomic E-state index is 13.1. The van der Waals surface area contributed by atoms with E-state index in [4.69, 9.17) is 23.7 Å². The average Bonchev–Trinajstić information content (AvgIpc) is 2.94. The van der Waals surface area contributed by atoms with Gasteiger partial charge in [-0.2, -0.15) is 0 Å². The number of nitrogens with zero attached hydrogens (tertiary/aromatic N) is 2. The van der Waals surface area contributed by atoms with Crippen LogP contribution in [0.1, 0.15) is 68.2 Å². The molecule has 0 aromatic rings. The SMILES string of the molecule is CCOC(=O)CC[C@]1([N+](=O)[O-])COC(C)(C)O[C@H]1[C@@H]1COC(C)(C)N1C(=O)OC(C)(C)C. The number of esters is 1. The van der Waals surface area contributed by atoms with E-state index in [1.165, 1.54) is 4.90 Å². The van der Waals surface area contributed by atoms with Crippen LogP contribution in [-0.2, 0) is 28.5 Å². The molecule has 3 atom stereocenters. The Morgan fingerprint density at radius 2 is 1.81 bits per heavy atom. The van der Waals surface area contributed by atoms with Gasteiger partial charge in [-0.1, -0.05) is 0 Å². The van der Waals surface area contributed by atoms with E-state index in [0.717, 1.165) is 0 Å². The number of amides is 1. The monoisotopic (exact) mass is 460 g/mol. The van der Waals surface area contributed by atoms with Gasteiger partial charge in [-0.15, -0.1) is 0 Å². The number of nitro groups is 1. The molecule has 0 unspecified atom stereocenters. The van der Waals surface area contributed by atoms with Gasteiger partial charge in [0.2, 0.25) is 0 Å². The lowest BCUT2D eigenvalue weighted by molar-refractivity contribution is -0.610. The summed E-state index contributed by atoms with van der Waals surface area (Å²) in [4.78, 5) is 38.4. The lowest BCUT2D eigenvalue weighted by Gasteiger charge is -2.47. The molecule has 0 N–H and O–H groups in total. The highest BCUT2D eigenvalue weighted by Gasteiger charge is 2.64. The van der Waals surface area contributed by atoms with Crippen molar-refractivity contribution in [3.8, 4) is 0 Å². The minimum Gasteiger partial charge on any atom is -0.466 e. The van der Waals surface area contributed by atoms with Crippen LogP contribution in [0, 0.1) is 10.1 Å². The summed E-state index contributed by atoms with van der Waals surface area (Å²) in [5, 5.41) is 12.4. The fraction of sp³-hybridized carbons (Fsp3) is 0.905. The van der Waals surface area contributed by atoms with Crippen LogP contribution >= 0.6 is 0 Å². The fourth-order valence-electron chi connectivity index (χ4n) is 4.00. The summed E-state index contributed by atoms with van der Waals surface area (Å²) in [6.45, 7) is 13.4. The Hall–Kier alpha value is -1.98. The summed E-state index contributed by atoms with van der Waals surface area (Å²) >= 11 is 0. The Morgan fingerprint density at radius 3 is 2.34 bits per heavy atom. The predicted molar refractivity (Wildman–Crippen MR) is 112 cm³/mol. The van der Waals surface area contributed by atoms with Gasteiger partial charge in [0.15, 0.2) is 11.9 Å². The van der Waals surface area contributed by atoms with Crippen LogP contribution < -0.4 is 0 Å². The summed E-state index contributed by atoms with van der Waals surface area (Å²) in [6.07, 6.45) is -2.16. The Kier molecular flexibility index (Phi) is 7.48. The Bertz CT molecular complexity index is 731. The lowest BCUT2D eigenvalue weighted by Crippen LogP contribution is -2.69. The fourth-order valence-corrected chi connectivity index (χ4v) is 4.00. The Labute approximate surface area is 188 Å². The summed E-state index contributed by atoms with van der Waals surface area (Å²) < 4.78 is 28.1. The van der Waals surface area contributed by atoms with E-state index in [0.29, 0.717) is 0 Å². The molecule has 2 fully saturated rings. The molecular weight excluding hydrogens is 424 g/mol. The van der Waals surface area contributed by atoms with Crippen molar-refractivity contribution >= 4 is 12.1 Å². The smallest absolute Gasteiger partial charge is 0.412 e. The molecule has 0 radical (unpaired) electrons. The highest BCUT2D eigenvalue weighted by Crippen LogP contribution is 2.42. The Balaban J connectivity index is 2.47. The van der Waals surface area contributed by atoms with Gasteiger partial charge in [-0.3, -0.25) is 19.8 Å². The third kappa shape index (κ3) is 5.68. The van der Waals surface area contributed by atoms with Crippen molar-refractivity contribution in [1.29, 1.82) is 0 Å². The van der Waals surface area contributed by atoms with E-state index >= 15 is 0 Å². The lowest BCUT2D eigenvalue weighted by atomic mass is 9.82. The molecule has 2 aliphatic heterocycles. The van der Waals surface area contributed by atoms with E-state index < -0.39 is 51.8 Å². The van der Waals surface area contributed by atoms with E-state index in [1.807, 2.05) is 0 Å². The van der Waals surface area contributed by atoms with Crippen molar-refractivity contribution in [2.75, 3.05) is 19.8 Å². The molecule has 0 spiro atoms. The van der Waals surface area contributed by atoms with Crippen LogP contribution in [0.5, 0.6) is 0 Å². The molecule has 0 aliphatic carbocycles. The summed E-state index contributed by atoms with van der Waals surface area (Å²) in [7, 11) is 0. The molecule has 0 aromatic carbocycles. The van der Waals surface area contributed by atoms with E-state index in [1.54, 1.807) is 55.4 Å². The minimum atomic E-state index is -1.79. The van der Waals surface area contributed by atoms with Gasteiger partial charge in [-0.25, -0.2) is 4.79 Å². The first-order valence-corrected chi connectivity index (χ1v) is 10.8. The number of ether oxygens (including phenoxy) is 5. The van der Waals surface area contributed by atoms with Gasteiger partial charge in [0, 0.05) is 11.3 Å². The number of hydrogen-bond acceptors (Lipinski definition) is 9. The minimum absolute atomic E-state index is 0.00197. The first kappa shape index (κ1) is 26.3. The van der Waals surface area contributed by atoms with Gasteiger partial charge in [0.1, 0.15) is 17.9 Å². The van der Waals surface area contributed by atoms with Gasteiger partial charge in [-0.05, 0) is 55.4 Å². The largest absolute Gasteiger partial charge is 0.466 e. The van der Waals surface area contributed by atoms with Crippen molar-refractivity contribution in [1.82, 2.24) is 4.90 Å². The van der Waals surface area contributed by atoms with Crippen molar-refractivity contribution in [3.63, 3.8) is 0 Å². The van der Waals surface area contributed by atoms with Gasteiger partial charge in [0.05, 0.1) is 25.7 Å². The van der Waals surface area contributed by atoms with Crippen LogP contribution in [0.15, 0.2) is 0 Å². The normalized spacial score (nSPS) is 29.4. The van der Waals surface area contributed by atoms with Crippen LogP contribution in [0.4, 0.5) is 4.79 Å². The van der Waals surface area contributed by atoms with Crippen molar-refractivity contribution < 1.29 is 38.2 Å². The molecule has 0 bridgehead atoms. The molecule has 0 saturated carbocycles.